The third kappa shape index (κ3) is 15.9. The molecule has 6 aromatic carbocycles. The Labute approximate surface area is 393 Å². The number of hydrogen-bond acceptors (Lipinski definition) is 2. The second-order valence-electron chi connectivity index (χ2n) is 17.5. The lowest BCUT2D eigenvalue weighted by molar-refractivity contribution is 0.304. The molecule has 0 aliphatic heterocycles. The fourth-order valence-corrected chi connectivity index (χ4v) is 8.10. The van der Waals surface area contributed by atoms with Gasteiger partial charge in [-0.15, -0.1) is 0 Å². The monoisotopic (exact) mass is 901 g/mol. The van der Waals surface area contributed by atoms with Gasteiger partial charge in [-0.25, -0.2) is 17.6 Å². The van der Waals surface area contributed by atoms with Gasteiger partial charge in [0.25, 0.3) is 0 Å². The van der Waals surface area contributed by atoms with E-state index in [1.54, 1.807) is 48.5 Å². The summed E-state index contributed by atoms with van der Waals surface area (Å²) < 4.78 is 71.4. The van der Waals surface area contributed by atoms with Crippen LogP contribution < -0.4 is 9.47 Å². The van der Waals surface area contributed by atoms with Crippen molar-refractivity contribution in [3.63, 3.8) is 0 Å². The zero-order valence-electron chi connectivity index (χ0n) is 40.0. The van der Waals surface area contributed by atoms with Crippen molar-refractivity contribution in [1.29, 1.82) is 0 Å². The summed E-state index contributed by atoms with van der Waals surface area (Å²) in [5.41, 5.74) is 6.23. The van der Waals surface area contributed by atoms with Crippen LogP contribution >= 0.6 is 0 Å². The molecule has 0 heterocycles. The minimum absolute atomic E-state index is 0.261. The van der Waals surface area contributed by atoms with Crippen LogP contribution in [0.1, 0.15) is 142 Å². The van der Waals surface area contributed by atoms with Gasteiger partial charge in [0.15, 0.2) is 23.3 Å². The lowest BCUT2D eigenvalue weighted by Crippen LogP contribution is -1.98. The van der Waals surface area contributed by atoms with Crippen molar-refractivity contribution in [2.24, 2.45) is 0 Å². The smallest absolute Gasteiger partial charge is 0.167 e. The second kappa shape index (κ2) is 28.6. The highest BCUT2D eigenvalue weighted by Crippen LogP contribution is 2.34. The van der Waals surface area contributed by atoms with Crippen LogP contribution in [0.15, 0.2) is 121 Å². The van der Waals surface area contributed by atoms with Crippen molar-refractivity contribution in [1.82, 2.24) is 0 Å². The molecular weight excluding hydrogens is 829 g/mol. The van der Waals surface area contributed by atoms with Crippen LogP contribution in [-0.2, 0) is 12.8 Å². The van der Waals surface area contributed by atoms with E-state index in [9.17, 15) is 17.6 Å². The molecule has 0 radical (unpaired) electrons. The van der Waals surface area contributed by atoms with Crippen LogP contribution in [0.3, 0.4) is 0 Å². The lowest BCUT2D eigenvalue weighted by atomic mass is 9.97. The molecule has 66 heavy (non-hydrogen) atoms. The largest absolute Gasteiger partial charge is 0.494 e. The Morgan fingerprint density at radius 3 is 0.864 bits per heavy atom. The van der Waals surface area contributed by atoms with Gasteiger partial charge in [-0.05, 0) is 96.2 Å². The summed E-state index contributed by atoms with van der Waals surface area (Å²) in [7, 11) is 0. The van der Waals surface area contributed by atoms with E-state index in [-0.39, 0.29) is 11.1 Å². The number of rotatable bonds is 26. The van der Waals surface area contributed by atoms with Crippen LogP contribution in [0.25, 0.3) is 44.5 Å². The lowest BCUT2D eigenvalue weighted by Gasteiger charge is -2.11. The summed E-state index contributed by atoms with van der Waals surface area (Å²) in [5.74, 6) is -1.74. The minimum Gasteiger partial charge on any atom is -0.494 e. The summed E-state index contributed by atoms with van der Waals surface area (Å²) >= 11 is 0. The first-order valence-electron chi connectivity index (χ1n) is 24.9. The maximum atomic E-state index is 15.0. The van der Waals surface area contributed by atoms with Crippen LogP contribution in [0.2, 0.25) is 0 Å². The maximum Gasteiger partial charge on any atom is 0.167 e. The Kier molecular flexibility index (Phi) is 22.4. The van der Waals surface area contributed by atoms with E-state index < -0.39 is 23.3 Å². The molecule has 0 saturated carbocycles. The van der Waals surface area contributed by atoms with Gasteiger partial charge in [-0.1, -0.05) is 202 Å². The first-order valence-corrected chi connectivity index (χ1v) is 24.9. The molecule has 0 fully saturated rings. The van der Waals surface area contributed by atoms with Crippen LogP contribution in [-0.4, -0.2) is 13.2 Å². The van der Waals surface area contributed by atoms with E-state index in [0.29, 0.717) is 46.6 Å². The van der Waals surface area contributed by atoms with Crippen molar-refractivity contribution in [3.8, 4) is 56.0 Å². The summed E-state index contributed by atoms with van der Waals surface area (Å²) in [6.45, 7) is 10.1. The van der Waals surface area contributed by atoms with Gasteiger partial charge in [-0.2, -0.15) is 0 Å². The molecule has 0 amide bonds. The fourth-order valence-electron chi connectivity index (χ4n) is 8.10. The van der Waals surface area contributed by atoms with Crippen LogP contribution in [0, 0.1) is 23.3 Å². The zero-order valence-corrected chi connectivity index (χ0v) is 40.0. The normalized spacial score (nSPS) is 11.0. The number of benzene rings is 6. The third-order valence-electron chi connectivity index (χ3n) is 12.2. The first-order chi connectivity index (χ1) is 32.3. The molecule has 0 atom stereocenters. The Morgan fingerprint density at radius 2 is 0.545 bits per heavy atom. The fraction of sp³-hybridized carbons (Fsp3) is 0.400. The van der Waals surface area contributed by atoms with Gasteiger partial charge >= 0.3 is 0 Å². The quantitative estimate of drug-likeness (QED) is 0.0399. The second-order valence-corrected chi connectivity index (χ2v) is 17.5. The molecule has 0 aromatic heterocycles. The highest BCUT2D eigenvalue weighted by Gasteiger charge is 2.18. The molecule has 0 spiro atoms. The highest BCUT2D eigenvalue weighted by atomic mass is 19.2. The molecule has 0 N–H and O–H groups in total. The minimum atomic E-state index is -0.817. The number of hydrogen-bond donors (Lipinski definition) is 0. The maximum absolute atomic E-state index is 15.0. The summed E-state index contributed by atoms with van der Waals surface area (Å²) in [6.07, 6.45) is 21.0. The van der Waals surface area contributed by atoms with E-state index >= 15 is 0 Å². The molecule has 6 aromatic rings. The number of ether oxygens (including phenoxy) is 2. The van der Waals surface area contributed by atoms with E-state index in [1.807, 2.05) is 72.8 Å². The summed E-state index contributed by atoms with van der Waals surface area (Å²) in [5, 5.41) is 0. The SMILES string of the molecule is CCCCCCCCOc1ccc(-c2ccc(-c3ccc(CCCCC)cc3)c(F)c2F)cc1.CCCCCCOc1ccc(-c2ccc(-c3ccc(CCCCC)cc3)c(F)c2F)cc1. The molecule has 0 aliphatic rings. The Morgan fingerprint density at radius 1 is 0.288 bits per heavy atom. The third-order valence-corrected chi connectivity index (χ3v) is 12.2. The molecule has 6 rings (SSSR count). The average Bonchev–Trinajstić information content (AvgIpc) is 3.34. The average molecular weight is 901 g/mol. The summed E-state index contributed by atoms with van der Waals surface area (Å²) in [4.78, 5) is 0. The van der Waals surface area contributed by atoms with Gasteiger partial charge in [0, 0.05) is 22.3 Å². The van der Waals surface area contributed by atoms with Crippen molar-refractivity contribution < 1.29 is 27.0 Å². The van der Waals surface area contributed by atoms with Crippen LogP contribution in [0.4, 0.5) is 17.6 Å². The van der Waals surface area contributed by atoms with E-state index in [1.165, 1.54) is 81.8 Å². The molecule has 0 saturated heterocycles. The number of halogens is 4. The van der Waals surface area contributed by atoms with Crippen molar-refractivity contribution in [3.05, 3.63) is 156 Å². The number of unbranched alkanes of at least 4 members (excludes halogenated alkanes) is 12. The van der Waals surface area contributed by atoms with Crippen molar-refractivity contribution in [2.45, 2.75) is 143 Å². The molecule has 6 heteroatoms. The van der Waals surface area contributed by atoms with Gasteiger partial charge in [0.05, 0.1) is 13.2 Å². The van der Waals surface area contributed by atoms with Gasteiger partial charge < -0.3 is 9.47 Å². The highest BCUT2D eigenvalue weighted by molar-refractivity contribution is 5.73. The van der Waals surface area contributed by atoms with Gasteiger partial charge in [0.1, 0.15) is 11.5 Å². The molecule has 2 nitrogen and oxygen atoms in total. The summed E-state index contributed by atoms with van der Waals surface area (Å²) in [6, 6.07) is 36.7. The Hall–Kier alpha value is -5.36. The molecule has 0 aliphatic carbocycles. The van der Waals surface area contributed by atoms with E-state index in [0.717, 1.165) is 56.4 Å². The molecular formula is C60H72F4O2. The molecule has 0 bridgehead atoms. The molecule has 0 unspecified atom stereocenters. The van der Waals surface area contributed by atoms with Gasteiger partial charge in [-0.3, -0.25) is 0 Å². The first kappa shape index (κ1) is 51.6. The predicted octanol–water partition coefficient (Wildman–Crippen LogP) is 18.8. The molecule has 352 valence electrons. The van der Waals surface area contributed by atoms with Crippen molar-refractivity contribution >= 4 is 0 Å². The van der Waals surface area contributed by atoms with E-state index in [4.69, 9.17) is 9.47 Å². The van der Waals surface area contributed by atoms with E-state index in [2.05, 4.69) is 27.7 Å². The Balaban J connectivity index is 0.000000248. The zero-order chi connectivity index (χ0) is 46.9. The van der Waals surface area contributed by atoms with Crippen LogP contribution in [0.5, 0.6) is 11.5 Å². The Bertz CT molecular complexity index is 2280. The predicted molar refractivity (Wildman–Crippen MR) is 269 cm³/mol. The van der Waals surface area contributed by atoms with Gasteiger partial charge in [0.2, 0.25) is 0 Å². The topological polar surface area (TPSA) is 18.5 Å². The van der Waals surface area contributed by atoms with Crippen molar-refractivity contribution in [2.75, 3.05) is 13.2 Å². The number of aryl methyl sites for hydroxylation is 2. The standard InChI is InChI=1S/C31H38F2O.C29H34F2O/c1-3-5-7-8-9-11-23-34-27-19-17-26(18-20-27)29-22-21-28(30(32)31(29)33)25-15-13-24(14-16-25)12-10-6-4-2;1-3-5-7-9-21-32-25-17-15-24(16-18-25)27-20-19-26(28(30)29(27)31)23-13-11-22(12-14-23)10-8-6-4-2/h13-22H,3-12,23H2,1-2H3;11-20H,3-10,21H2,1-2H3.